The number of benzene rings is 1. The fourth-order valence-electron chi connectivity index (χ4n) is 2.28. The Bertz CT molecular complexity index is 966. The molecule has 0 bridgehead atoms. The molecule has 0 aliphatic rings. The van der Waals surface area contributed by atoms with Crippen molar-refractivity contribution in [1.82, 2.24) is 24.5 Å². The molecule has 134 valence electrons. The molecule has 0 fully saturated rings. The Morgan fingerprint density at radius 1 is 1.35 bits per heavy atom. The number of carbonyl (C=O) groups excluding carboxylic acids is 1. The van der Waals surface area contributed by atoms with Crippen molar-refractivity contribution in [3.8, 4) is 0 Å². The van der Waals surface area contributed by atoms with Crippen molar-refractivity contribution < 1.29 is 9.72 Å². The summed E-state index contributed by atoms with van der Waals surface area (Å²) >= 11 is 5.94. The van der Waals surface area contributed by atoms with Crippen LogP contribution < -0.4 is 5.32 Å². The highest BCUT2D eigenvalue weighted by molar-refractivity contribution is 6.30. The van der Waals surface area contributed by atoms with Gasteiger partial charge in [0.05, 0.1) is 11.5 Å². The van der Waals surface area contributed by atoms with Crippen molar-refractivity contribution in [2.45, 2.75) is 20.0 Å². The summed E-state index contributed by atoms with van der Waals surface area (Å²) in [4.78, 5) is 26.7. The van der Waals surface area contributed by atoms with Crippen LogP contribution in [0.3, 0.4) is 0 Å². The first kappa shape index (κ1) is 17.5. The van der Waals surface area contributed by atoms with Crippen LogP contribution in [0.2, 0.25) is 5.02 Å². The van der Waals surface area contributed by atoms with Gasteiger partial charge in [0, 0.05) is 11.6 Å². The number of amides is 1. The van der Waals surface area contributed by atoms with Crippen LogP contribution in [-0.4, -0.2) is 35.4 Å². The lowest BCUT2D eigenvalue weighted by Crippen LogP contribution is -2.16. The monoisotopic (exact) mass is 375 g/mol. The number of halogens is 1. The fourth-order valence-corrected chi connectivity index (χ4v) is 2.49. The van der Waals surface area contributed by atoms with Gasteiger partial charge in [-0.15, -0.1) is 5.10 Å². The van der Waals surface area contributed by atoms with Gasteiger partial charge < -0.3 is 0 Å². The van der Waals surface area contributed by atoms with Gasteiger partial charge in [0.1, 0.15) is 12.5 Å². The highest BCUT2D eigenvalue weighted by atomic mass is 35.5. The fraction of sp³-hybridized carbons (Fsp3) is 0.200. The van der Waals surface area contributed by atoms with Crippen LogP contribution in [0.4, 0.5) is 11.6 Å². The summed E-state index contributed by atoms with van der Waals surface area (Å²) in [6.45, 7) is 2.58. The van der Waals surface area contributed by atoms with Crippen LogP contribution in [0.25, 0.3) is 0 Å². The van der Waals surface area contributed by atoms with E-state index in [0.717, 1.165) is 5.56 Å². The van der Waals surface area contributed by atoms with E-state index in [9.17, 15) is 14.9 Å². The molecule has 0 unspecified atom stereocenters. The minimum absolute atomic E-state index is 0.0253. The molecule has 2 heterocycles. The Hall–Kier alpha value is -3.27. The Balaban J connectivity index is 1.74. The summed E-state index contributed by atoms with van der Waals surface area (Å²) in [7, 11) is 0. The molecule has 0 spiro atoms. The molecule has 11 heteroatoms. The second-order valence-electron chi connectivity index (χ2n) is 5.33. The smallest absolute Gasteiger partial charge is 0.287 e. The van der Waals surface area contributed by atoms with Gasteiger partial charge in [0.2, 0.25) is 11.6 Å². The maximum Gasteiger partial charge on any atom is 0.320 e. The lowest BCUT2D eigenvalue weighted by molar-refractivity contribution is -0.385. The van der Waals surface area contributed by atoms with Gasteiger partial charge in [0.15, 0.2) is 0 Å². The van der Waals surface area contributed by atoms with Crippen LogP contribution in [0, 0.1) is 10.1 Å². The molecular formula is C15H14ClN7O3. The maximum absolute atomic E-state index is 12.3. The van der Waals surface area contributed by atoms with Crippen LogP contribution >= 0.6 is 11.6 Å². The van der Waals surface area contributed by atoms with Crippen LogP contribution in [0.1, 0.15) is 23.0 Å². The van der Waals surface area contributed by atoms with Crippen molar-refractivity contribution in [2.24, 2.45) is 0 Å². The summed E-state index contributed by atoms with van der Waals surface area (Å²) in [6, 6.07) is 7.26. The molecule has 1 aromatic carbocycles. The van der Waals surface area contributed by atoms with E-state index < -0.39 is 10.8 Å². The van der Waals surface area contributed by atoms with E-state index in [-0.39, 0.29) is 17.3 Å². The number of nitrogens with one attached hydrogen (secondary N) is 1. The van der Waals surface area contributed by atoms with Crippen molar-refractivity contribution in [2.75, 3.05) is 5.32 Å². The molecule has 1 N–H and O–H groups in total. The third kappa shape index (κ3) is 3.86. The van der Waals surface area contributed by atoms with Crippen LogP contribution in [-0.2, 0) is 13.1 Å². The predicted molar refractivity (Wildman–Crippen MR) is 93.1 cm³/mol. The minimum atomic E-state index is -0.746. The van der Waals surface area contributed by atoms with Crippen molar-refractivity contribution in [3.63, 3.8) is 0 Å². The van der Waals surface area contributed by atoms with E-state index >= 15 is 0 Å². The number of hydrogen-bond donors (Lipinski definition) is 1. The molecule has 3 rings (SSSR count). The number of rotatable bonds is 6. The number of aryl methyl sites for hydroxylation is 1. The van der Waals surface area contributed by atoms with Gasteiger partial charge in [-0.25, -0.2) is 9.67 Å². The maximum atomic E-state index is 12.3. The van der Waals surface area contributed by atoms with Gasteiger partial charge in [-0.3, -0.25) is 24.9 Å². The number of nitrogens with zero attached hydrogens (tertiary/aromatic N) is 6. The largest absolute Gasteiger partial charge is 0.320 e. The van der Waals surface area contributed by atoms with Gasteiger partial charge in [-0.2, -0.15) is 5.10 Å². The van der Waals surface area contributed by atoms with E-state index in [4.69, 9.17) is 11.6 Å². The van der Waals surface area contributed by atoms with Crippen LogP contribution in [0.15, 0.2) is 36.8 Å². The van der Waals surface area contributed by atoms with E-state index in [0.29, 0.717) is 18.1 Å². The number of nitro groups is 1. The second kappa shape index (κ2) is 7.31. The molecule has 0 saturated carbocycles. The summed E-state index contributed by atoms with van der Waals surface area (Å²) in [5.41, 5.74) is 0.253. The van der Waals surface area contributed by atoms with Crippen LogP contribution in [0.5, 0.6) is 0 Å². The van der Waals surface area contributed by atoms with Crippen molar-refractivity contribution in [3.05, 3.63) is 63.2 Å². The third-order valence-corrected chi connectivity index (χ3v) is 3.71. The Kier molecular flexibility index (Phi) is 4.94. The Morgan fingerprint density at radius 2 is 2.15 bits per heavy atom. The molecule has 3 aromatic rings. The second-order valence-corrected chi connectivity index (χ2v) is 5.76. The summed E-state index contributed by atoms with van der Waals surface area (Å²) < 4.78 is 2.83. The zero-order valence-electron chi connectivity index (χ0n) is 13.7. The molecule has 0 aliphatic heterocycles. The van der Waals surface area contributed by atoms with E-state index in [1.165, 1.54) is 21.9 Å². The first-order chi connectivity index (χ1) is 12.5. The molecule has 0 radical (unpaired) electrons. The summed E-state index contributed by atoms with van der Waals surface area (Å²) in [6.07, 6.45) is 2.65. The lowest BCUT2D eigenvalue weighted by Gasteiger charge is -2.01. The Morgan fingerprint density at radius 3 is 2.85 bits per heavy atom. The van der Waals surface area contributed by atoms with E-state index in [1.54, 1.807) is 19.1 Å². The molecule has 10 nitrogen and oxygen atoms in total. The van der Waals surface area contributed by atoms with Gasteiger partial charge >= 0.3 is 5.69 Å². The standard InChI is InChI=1S/C15H14ClN7O3/c1-2-21-8-12(23(25)26)13(19-21)14(24)18-15-17-9-22(20-15)7-10-4-3-5-11(16)6-10/h3-6,8-9H,2,7H2,1H3,(H,18,20,24). The van der Waals surface area contributed by atoms with Crippen molar-refractivity contribution in [1.29, 1.82) is 0 Å². The first-order valence-corrected chi connectivity index (χ1v) is 8.01. The molecule has 26 heavy (non-hydrogen) atoms. The summed E-state index contributed by atoms with van der Waals surface area (Å²) in [5, 5.41) is 22.1. The average molecular weight is 376 g/mol. The topological polar surface area (TPSA) is 121 Å². The molecule has 2 aromatic heterocycles. The number of hydrogen-bond acceptors (Lipinski definition) is 6. The molecule has 1 amide bonds. The first-order valence-electron chi connectivity index (χ1n) is 7.63. The SMILES string of the molecule is CCn1cc([N+](=O)[O-])c(C(=O)Nc2ncn(Cc3cccc(Cl)c3)n2)n1. The lowest BCUT2D eigenvalue weighted by atomic mass is 10.2. The quantitative estimate of drug-likeness (QED) is 0.521. The normalized spacial score (nSPS) is 10.7. The van der Waals surface area contributed by atoms with Crippen molar-refractivity contribution >= 4 is 29.1 Å². The van der Waals surface area contributed by atoms with Gasteiger partial charge in [-0.1, -0.05) is 23.7 Å². The predicted octanol–water partition coefficient (Wildman–Crippen LogP) is 2.36. The number of aromatic nitrogens is 5. The zero-order chi connectivity index (χ0) is 18.7. The van der Waals surface area contributed by atoms with E-state index in [2.05, 4.69) is 20.5 Å². The molecule has 0 saturated heterocycles. The highest BCUT2D eigenvalue weighted by Gasteiger charge is 2.26. The number of anilines is 1. The minimum Gasteiger partial charge on any atom is -0.287 e. The zero-order valence-corrected chi connectivity index (χ0v) is 14.4. The molecule has 0 atom stereocenters. The van der Waals surface area contributed by atoms with E-state index in [1.807, 2.05) is 12.1 Å². The number of carbonyl (C=O) groups is 1. The average Bonchev–Trinajstić information content (AvgIpc) is 3.21. The third-order valence-electron chi connectivity index (χ3n) is 3.47. The Labute approximate surface area is 152 Å². The highest BCUT2D eigenvalue weighted by Crippen LogP contribution is 2.18. The van der Waals surface area contributed by atoms with Gasteiger partial charge in [-0.05, 0) is 24.6 Å². The molecular weight excluding hydrogens is 362 g/mol. The summed E-state index contributed by atoms with van der Waals surface area (Å²) in [5.74, 6) is -0.721. The molecule has 0 aliphatic carbocycles. The van der Waals surface area contributed by atoms with Gasteiger partial charge in [0.25, 0.3) is 5.91 Å².